The Kier molecular flexibility index (Phi) is 12.1. The number of hydrogen-bond donors (Lipinski definition) is 0. The zero-order valence-electron chi connectivity index (χ0n) is 39.6. The highest BCUT2D eigenvalue weighted by molar-refractivity contribution is 5.88. The van der Waals surface area contributed by atoms with E-state index >= 15 is 0 Å². The first-order valence-electron chi connectivity index (χ1n) is 24.5. The quantitative estimate of drug-likeness (QED) is 0.129. The molecule has 0 fully saturated rings. The predicted octanol–water partition coefficient (Wildman–Crippen LogP) is 18.8. The Bertz CT molecular complexity index is 3420. The molecule has 10 aromatic carbocycles. The fourth-order valence-corrected chi connectivity index (χ4v) is 9.65. The second kappa shape index (κ2) is 19.8. The van der Waals surface area contributed by atoms with Crippen molar-refractivity contribution in [3.8, 4) is 123 Å². The average molecular weight is 917 g/mol. The van der Waals surface area contributed by atoms with Crippen LogP contribution in [0.2, 0.25) is 0 Å². The van der Waals surface area contributed by atoms with Gasteiger partial charge in [-0.3, -0.25) is 0 Å². The van der Waals surface area contributed by atoms with Crippen molar-refractivity contribution in [3.63, 3.8) is 0 Å². The molecular weight excluding hydrogens is 869 g/mol. The summed E-state index contributed by atoms with van der Waals surface area (Å²) < 4.78 is 0. The second-order valence-electron chi connectivity index (χ2n) is 18.2. The van der Waals surface area contributed by atoms with Crippen LogP contribution in [-0.2, 0) is 0 Å². The van der Waals surface area contributed by atoms with Gasteiger partial charge in [-0.05, 0) is 139 Å². The largest absolute Gasteiger partial charge is 0.248 e. The lowest BCUT2D eigenvalue weighted by Gasteiger charge is -2.15. The summed E-state index contributed by atoms with van der Waals surface area (Å²) in [6.45, 7) is 0. The zero-order chi connectivity index (χ0) is 48.1. The molecule has 0 spiro atoms. The van der Waals surface area contributed by atoms with Crippen molar-refractivity contribution < 1.29 is 0 Å². The Hall–Kier alpha value is -9.50. The first kappa shape index (κ1) is 43.8. The van der Waals surface area contributed by atoms with E-state index < -0.39 is 0 Å². The number of benzene rings is 10. The SMILES string of the molecule is c1ccc(-c2cc(-c3ccccc3)cc(-c3cc(-c4ccc(-c5cc(-c6ccccc6)nc(-c6ccccc6)c5)cc4)cc(-c4ccc(-c5cc(-c6ccccc6)nc(-c6ccccc6)c5)cc4)c3)c2)cc1. The molecule has 0 aliphatic heterocycles. The minimum Gasteiger partial charge on any atom is -0.248 e. The Labute approximate surface area is 421 Å². The van der Waals surface area contributed by atoms with Crippen LogP contribution < -0.4 is 0 Å². The van der Waals surface area contributed by atoms with Crippen molar-refractivity contribution in [2.45, 2.75) is 0 Å². The zero-order valence-corrected chi connectivity index (χ0v) is 39.6. The predicted molar refractivity (Wildman–Crippen MR) is 302 cm³/mol. The Morgan fingerprint density at radius 2 is 0.278 bits per heavy atom. The third kappa shape index (κ3) is 9.46. The van der Waals surface area contributed by atoms with Crippen molar-refractivity contribution in [2.24, 2.45) is 0 Å². The van der Waals surface area contributed by atoms with Crippen LogP contribution in [0.1, 0.15) is 0 Å². The highest BCUT2D eigenvalue weighted by Gasteiger charge is 2.15. The van der Waals surface area contributed by atoms with Crippen molar-refractivity contribution in [2.75, 3.05) is 0 Å². The summed E-state index contributed by atoms with van der Waals surface area (Å²) in [7, 11) is 0. The van der Waals surface area contributed by atoms with Crippen molar-refractivity contribution in [3.05, 3.63) is 291 Å². The third-order valence-electron chi connectivity index (χ3n) is 13.4. The van der Waals surface area contributed by atoms with Crippen LogP contribution in [0.4, 0.5) is 0 Å². The Morgan fingerprint density at radius 3 is 0.486 bits per heavy atom. The van der Waals surface area contributed by atoms with Crippen LogP contribution in [0.25, 0.3) is 123 Å². The van der Waals surface area contributed by atoms with Crippen LogP contribution in [0.15, 0.2) is 291 Å². The van der Waals surface area contributed by atoms with Gasteiger partial charge in [0, 0.05) is 22.3 Å². The first-order chi connectivity index (χ1) is 35.6. The summed E-state index contributed by atoms with van der Waals surface area (Å²) in [5.41, 5.74) is 24.2. The van der Waals surface area contributed by atoms with Crippen LogP contribution in [0.3, 0.4) is 0 Å². The topological polar surface area (TPSA) is 25.8 Å². The van der Waals surface area contributed by atoms with Crippen molar-refractivity contribution in [1.82, 2.24) is 9.97 Å². The van der Waals surface area contributed by atoms with Crippen molar-refractivity contribution in [1.29, 1.82) is 0 Å². The number of pyridine rings is 2. The van der Waals surface area contributed by atoms with Gasteiger partial charge in [0.15, 0.2) is 0 Å². The normalized spacial score (nSPS) is 11.1. The fourth-order valence-electron chi connectivity index (χ4n) is 9.65. The Morgan fingerprint density at radius 1 is 0.125 bits per heavy atom. The average Bonchev–Trinajstić information content (AvgIpc) is 3.48. The summed E-state index contributed by atoms with van der Waals surface area (Å²) in [5, 5.41) is 0. The molecule has 338 valence electrons. The number of nitrogens with zero attached hydrogens (tertiary/aromatic N) is 2. The van der Waals surface area contributed by atoms with Gasteiger partial charge in [-0.25, -0.2) is 9.97 Å². The van der Waals surface area contributed by atoms with Crippen LogP contribution in [0.5, 0.6) is 0 Å². The van der Waals surface area contributed by atoms with E-state index in [0.29, 0.717) is 0 Å². The lowest BCUT2D eigenvalue weighted by Crippen LogP contribution is -1.92. The summed E-state index contributed by atoms with van der Waals surface area (Å²) in [6.07, 6.45) is 0. The van der Waals surface area contributed by atoms with E-state index in [9.17, 15) is 0 Å². The lowest BCUT2D eigenvalue weighted by atomic mass is 9.89. The molecule has 2 heterocycles. The number of rotatable bonds is 11. The van der Waals surface area contributed by atoms with E-state index in [1.54, 1.807) is 0 Å². The molecule has 2 heteroatoms. The molecule has 72 heavy (non-hydrogen) atoms. The van der Waals surface area contributed by atoms with E-state index in [-0.39, 0.29) is 0 Å². The second-order valence-corrected chi connectivity index (χ2v) is 18.2. The van der Waals surface area contributed by atoms with Gasteiger partial charge in [-0.15, -0.1) is 0 Å². The minimum atomic E-state index is 0.948. The summed E-state index contributed by atoms with van der Waals surface area (Å²) in [5.74, 6) is 0. The highest BCUT2D eigenvalue weighted by Crippen LogP contribution is 2.40. The van der Waals surface area contributed by atoms with Gasteiger partial charge in [-0.1, -0.05) is 231 Å². The molecule has 2 aromatic heterocycles. The summed E-state index contributed by atoms with van der Waals surface area (Å²) in [6, 6.07) is 104. The molecule has 0 unspecified atom stereocenters. The molecule has 0 radical (unpaired) electrons. The molecule has 0 atom stereocenters. The van der Waals surface area contributed by atoms with E-state index in [4.69, 9.17) is 9.97 Å². The standard InChI is InChI=1S/C70H48N2/c1-7-19-49(20-8-1)59-39-60(50-21-9-2-10-22-50)42-63(41-59)64-43-61(51-31-35-53(36-32-51)65-45-67(55-23-11-3-12-24-55)71-68(46-65)56-25-13-4-14-26-56)40-62(44-64)52-33-37-54(38-34-52)66-47-69(57-27-15-5-16-28-57)72-70(48-66)58-29-17-6-18-30-58/h1-48H. The summed E-state index contributed by atoms with van der Waals surface area (Å²) >= 11 is 0. The van der Waals surface area contributed by atoms with Crippen LogP contribution in [-0.4, -0.2) is 9.97 Å². The smallest absolute Gasteiger partial charge is 0.0715 e. The first-order valence-corrected chi connectivity index (χ1v) is 24.5. The Balaban J connectivity index is 0.975. The minimum absolute atomic E-state index is 0.948. The van der Waals surface area contributed by atoms with Crippen molar-refractivity contribution >= 4 is 0 Å². The van der Waals surface area contributed by atoms with Gasteiger partial charge in [0.1, 0.15) is 0 Å². The van der Waals surface area contributed by atoms with E-state index in [1.165, 1.54) is 22.3 Å². The van der Waals surface area contributed by atoms with Gasteiger partial charge in [0.2, 0.25) is 0 Å². The van der Waals surface area contributed by atoms with Crippen LogP contribution >= 0.6 is 0 Å². The number of aromatic nitrogens is 2. The molecule has 12 aromatic rings. The van der Waals surface area contributed by atoms with E-state index in [0.717, 1.165) is 101 Å². The fraction of sp³-hybridized carbons (Fsp3) is 0. The van der Waals surface area contributed by atoms with Gasteiger partial charge >= 0.3 is 0 Å². The molecule has 0 saturated heterocycles. The maximum atomic E-state index is 5.14. The third-order valence-corrected chi connectivity index (χ3v) is 13.4. The van der Waals surface area contributed by atoms with Gasteiger partial charge in [0.05, 0.1) is 22.8 Å². The molecule has 0 N–H and O–H groups in total. The van der Waals surface area contributed by atoms with E-state index in [2.05, 4.69) is 267 Å². The maximum absolute atomic E-state index is 5.14. The molecule has 2 nitrogen and oxygen atoms in total. The molecule has 0 amide bonds. The highest BCUT2D eigenvalue weighted by atomic mass is 14.7. The summed E-state index contributed by atoms with van der Waals surface area (Å²) in [4.78, 5) is 10.3. The van der Waals surface area contributed by atoms with Gasteiger partial charge in [0.25, 0.3) is 0 Å². The maximum Gasteiger partial charge on any atom is 0.0715 e. The monoisotopic (exact) mass is 916 g/mol. The van der Waals surface area contributed by atoms with Gasteiger partial charge < -0.3 is 0 Å². The lowest BCUT2D eigenvalue weighted by molar-refractivity contribution is 1.32. The molecule has 0 saturated carbocycles. The van der Waals surface area contributed by atoms with E-state index in [1.807, 2.05) is 24.3 Å². The van der Waals surface area contributed by atoms with Gasteiger partial charge in [-0.2, -0.15) is 0 Å². The molecule has 12 rings (SSSR count). The molecule has 0 aliphatic rings. The molecular formula is C70H48N2. The number of hydrogen-bond acceptors (Lipinski definition) is 2. The molecule has 0 aliphatic carbocycles. The molecule has 0 bridgehead atoms. The van der Waals surface area contributed by atoms with Crippen LogP contribution in [0, 0.1) is 0 Å².